The summed E-state index contributed by atoms with van der Waals surface area (Å²) in [6.45, 7) is 0.103. The quantitative estimate of drug-likeness (QED) is 0.640. The van der Waals surface area contributed by atoms with E-state index in [1.807, 2.05) is 18.2 Å². The molecule has 1 heterocycles. The molecule has 1 aliphatic rings. The monoisotopic (exact) mass is 328 g/mol. The second-order valence-corrected chi connectivity index (χ2v) is 5.62. The molecule has 0 aliphatic carbocycles. The molecule has 0 N–H and O–H groups in total. The number of halogens is 1. The predicted octanol–water partition coefficient (Wildman–Crippen LogP) is 2.83. The van der Waals surface area contributed by atoms with Crippen LogP contribution in [-0.4, -0.2) is 27.6 Å². The molecule has 3 rings (SSSR count). The third-order valence-electron chi connectivity index (χ3n) is 3.55. The number of hydrogen-bond acceptors (Lipinski definition) is 3. The van der Waals surface area contributed by atoms with Crippen molar-refractivity contribution < 1.29 is 14.4 Å². The van der Waals surface area contributed by atoms with Crippen molar-refractivity contribution >= 4 is 29.4 Å². The number of carbonyl (C=O) groups is 3. The Bertz CT molecular complexity index is 776. The highest BCUT2D eigenvalue weighted by atomic mass is 35.5. The molecule has 0 saturated carbocycles. The summed E-state index contributed by atoms with van der Waals surface area (Å²) in [5.74, 6) is -1.62. The Hall–Kier alpha value is -2.66. The van der Waals surface area contributed by atoms with Crippen molar-refractivity contribution in [3.63, 3.8) is 0 Å². The molecule has 1 fully saturated rings. The first-order valence-electron chi connectivity index (χ1n) is 7.02. The molecule has 23 heavy (non-hydrogen) atoms. The molecule has 0 aromatic heterocycles. The van der Waals surface area contributed by atoms with Crippen LogP contribution in [0.1, 0.15) is 11.1 Å². The van der Waals surface area contributed by atoms with Crippen LogP contribution in [0.15, 0.2) is 54.6 Å². The van der Waals surface area contributed by atoms with Crippen LogP contribution in [0.25, 0.3) is 0 Å². The van der Waals surface area contributed by atoms with Crippen LogP contribution >= 0.6 is 11.6 Å². The fourth-order valence-electron chi connectivity index (χ4n) is 2.41. The highest BCUT2D eigenvalue weighted by molar-refractivity contribution is 6.44. The van der Waals surface area contributed by atoms with Crippen molar-refractivity contribution in [3.05, 3.63) is 70.7 Å². The molecule has 6 heteroatoms. The number of amides is 4. The Balaban J connectivity index is 1.79. The number of urea groups is 1. The van der Waals surface area contributed by atoms with Crippen LogP contribution in [0, 0.1) is 0 Å². The van der Waals surface area contributed by atoms with E-state index in [1.165, 1.54) is 0 Å². The first-order valence-corrected chi connectivity index (χ1v) is 7.40. The van der Waals surface area contributed by atoms with Gasteiger partial charge in [0.25, 0.3) is 0 Å². The van der Waals surface area contributed by atoms with Gasteiger partial charge in [-0.05, 0) is 23.3 Å². The van der Waals surface area contributed by atoms with Gasteiger partial charge in [-0.25, -0.2) is 4.79 Å². The number of imide groups is 2. The maximum absolute atomic E-state index is 12.4. The zero-order valence-electron chi connectivity index (χ0n) is 12.1. The highest BCUT2D eigenvalue weighted by Crippen LogP contribution is 2.20. The molecule has 116 valence electrons. The van der Waals surface area contributed by atoms with Gasteiger partial charge in [0.15, 0.2) is 0 Å². The van der Waals surface area contributed by atoms with Gasteiger partial charge in [-0.2, -0.15) is 0 Å². The Labute approximate surface area is 138 Å². The maximum Gasteiger partial charge on any atom is 0.334 e. The van der Waals surface area contributed by atoms with E-state index >= 15 is 0 Å². The molecular formula is C17H13ClN2O3. The molecule has 1 aliphatic heterocycles. The SMILES string of the molecule is O=C1C(=O)N(Cc2cccc(Cl)c2)C(=O)N1Cc1ccccc1. The van der Waals surface area contributed by atoms with Crippen molar-refractivity contribution in [1.82, 2.24) is 9.80 Å². The minimum absolute atomic E-state index is 0.0231. The van der Waals surface area contributed by atoms with E-state index < -0.39 is 17.8 Å². The zero-order chi connectivity index (χ0) is 16.4. The van der Waals surface area contributed by atoms with Gasteiger partial charge < -0.3 is 0 Å². The minimum atomic E-state index is -0.814. The average Bonchev–Trinajstić information content (AvgIpc) is 2.74. The van der Waals surface area contributed by atoms with E-state index in [-0.39, 0.29) is 13.1 Å². The fraction of sp³-hybridized carbons (Fsp3) is 0.118. The Morgan fingerprint density at radius 1 is 0.739 bits per heavy atom. The van der Waals surface area contributed by atoms with Crippen molar-refractivity contribution in [3.8, 4) is 0 Å². The van der Waals surface area contributed by atoms with Crippen molar-refractivity contribution in [2.24, 2.45) is 0 Å². The second kappa shape index (κ2) is 6.22. The lowest BCUT2D eigenvalue weighted by molar-refractivity contribution is -0.143. The molecule has 0 unspecified atom stereocenters. The van der Waals surface area contributed by atoms with Crippen LogP contribution in [0.5, 0.6) is 0 Å². The molecule has 2 aromatic carbocycles. The zero-order valence-corrected chi connectivity index (χ0v) is 12.9. The topological polar surface area (TPSA) is 57.7 Å². The summed E-state index contributed by atoms with van der Waals surface area (Å²) in [7, 11) is 0. The smallest absolute Gasteiger partial charge is 0.263 e. The lowest BCUT2D eigenvalue weighted by Crippen LogP contribution is -2.32. The predicted molar refractivity (Wildman–Crippen MR) is 84.4 cm³/mol. The standard InChI is InChI=1S/C17H13ClN2O3/c18-14-8-4-7-13(9-14)11-20-16(22)15(21)19(17(20)23)10-12-5-2-1-3-6-12/h1-9H,10-11H2. The summed E-state index contributed by atoms with van der Waals surface area (Å²) in [5.41, 5.74) is 1.47. The summed E-state index contributed by atoms with van der Waals surface area (Å²) in [6.07, 6.45) is 0. The van der Waals surface area contributed by atoms with Gasteiger partial charge in [-0.1, -0.05) is 54.1 Å². The van der Waals surface area contributed by atoms with Gasteiger partial charge in [0.2, 0.25) is 0 Å². The maximum atomic E-state index is 12.4. The van der Waals surface area contributed by atoms with Gasteiger partial charge >= 0.3 is 17.8 Å². The number of benzene rings is 2. The molecule has 4 amide bonds. The van der Waals surface area contributed by atoms with Crippen molar-refractivity contribution in [2.75, 3.05) is 0 Å². The number of hydrogen-bond donors (Lipinski definition) is 0. The normalized spacial score (nSPS) is 14.7. The molecular weight excluding hydrogens is 316 g/mol. The number of carbonyl (C=O) groups excluding carboxylic acids is 3. The average molecular weight is 329 g/mol. The van der Waals surface area contributed by atoms with Gasteiger partial charge in [-0.15, -0.1) is 0 Å². The third-order valence-corrected chi connectivity index (χ3v) is 3.78. The molecule has 0 spiro atoms. The molecule has 0 atom stereocenters. The van der Waals surface area contributed by atoms with E-state index in [9.17, 15) is 14.4 Å². The summed E-state index contributed by atoms with van der Waals surface area (Å²) in [4.78, 5) is 38.5. The number of nitrogens with zero attached hydrogens (tertiary/aromatic N) is 2. The van der Waals surface area contributed by atoms with Crippen LogP contribution in [-0.2, 0) is 22.7 Å². The second-order valence-electron chi connectivity index (χ2n) is 5.18. The van der Waals surface area contributed by atoms with Crippen LogP contribution in [0.2, 0.25) is 5.02 Å². The molecule has 5 nitrogen and oxygen atoms in total. The first-order chi connectivity index (χ1) is 11.1. The van der Waals surface area contributed by atoms with Gasteiger partial charge in [-0.3, -0.25) is 19.4 Å². The van der Waals surface area contributed by atoms with E-state index in [4.69, 9.17) is 11.6 Å². The molecule has 2 aromatic rings. The van der Waals surface area contributed by atoms with Gasteiger partial charge in [0, 0.05) is 5.02 Å². The van der Waals surface area contributed by atoms with Gasteiger partial charge in [0.05, 0.1) is 13.1 Å². The summed E-state index contributed by atoms with van der Waals surface area (Å²) in [6, 6.07) is 15.3. The van der Waals surface area contributed by atoms with E-state index in [2.05, 4.69) is 0 Å². The highest BCUT2D eigenvalue weighted by Gasteiger charge is 2.44. The number of rotatable bonds is 4. The third kappa shape index (κ3) is 3.10. The van der Waals surface area contributed by atoms with E-state index in [0.717, 1.165) is 15.4 Å². The van der Waals surface area contributed by atoms with Crippen LogP contribution in [0.3, 0.4) is 0 Å². The van der Waals surface area contributed by atoms with Crippen LogP contribution < -0.4 is 0 Å². The summed E-state index contributed by atoms with van der Waals surface area (Å²) in [5, 5.41) is 0.508. The molecule has 0 bridgehead atoms. The van der Waals surface area contributed by atoms with E-state index in [1.54, 1.807) is 36.4 Å². The molecule has 0 radical (unpaired) electrons. The summed E-state index contributed by atoms with van der Waals surface area (Å²) < 4.78 is 0. The van der Waals surface area contributed by atoms with Gasteiger partial charge in [0.1, 0.15) is 0 Å². The Kier molecular flexibility index (Phi) is 4.12. The minimum Gasteiger partial charge on any atom is -0.263 e. The lowest BCUT2D eigenvalue weighted by Gasteiger charge is -2.15. The fourth-order valence-corrected chi connectivity index (χ4v) is 2.63. The Morgan fingerprint density at radius 3 is 1.91 bits per heavy atom. The Morgan fingerprint density at radius 2 is 1.30 bits per heavy atom. The molecule has 1 saturated heterocycles. The largest absolute Gasteiger partial charge is 0.334 e. The van der Waals surface area contributed by atoms with E-state index in [0.29, 0.717) is 10.6 Å². The van der Waals surface area contributed by atoms with Crippen molar-refractivity contribution in [2.45, 2.75) is 13.1 Å². The van der Waals surface area contributed by atoms with Crippen LogP contribution in [0.4, 0.5) is 4.79 Å². The lowest BCUT2D eigenvalue weighted by atomic mass is 10.2. The first kappa shape index (κ1) is 15.2. The summed E-state index contributed by atoms with van der Waals surface area (Å²) >= 11 is 5.90. The van der Waals surface area contributed by atoms with Crippen molar-refractivity contribution in [1.29, 1.82) is 0 Å².